The van der Waals surface area contributed by atoms with E-state index in [2.05, 4.69) is 10.3 Å². The van der Waals surface area contributed by atoms with E-state index in [0.717, 1.165) is 5.56 Å². The first-order chi connectivity index (χ1) is 15.6. The number of carbonyl (C=O) groups is 2. The Morgan fingerprint density at radius 2 is 1.82 bits per heavy atom. The van der Waals surface area contributed by atoms with Crippen molar-refractivity contribution in [1.29, 1.82) is 0 Å². The summed E-state index contributed by atoms with van der Waals surface area (Å²) in [5.74, 6) is -1.41. The van der Waals surface area contributed by atoms with Gasteiger partial charge in [0, 0.05) is 34.1 Å². The molecule has 0 spiro atoms. The first-order valence-corrected chi connectivity index (χ1v) is 12.0. The van der Waals surface area contributed by atoms with E-state index < -0.39 is 15.8 Å². The quantitative estimate of drug-likeness (QED) is 0.441. The van der Waals surface area contributed by atoms with Crippen molar-refractivity contribution in [2.75, 3.05) is 5.32 Å². The van der Waals surface area contributed by atoms with Crippen molar-refractivity contribution in [3.05, 3.63) is 75.6 Å². The van der Waals surface area contributed by atoms with Gasteiger partial charge in [-0.05, 0) is 62.2 Å². The zero-order chi connectivity index (χ0) is 23.9. The van der Waals surface area contributed by atoms with E-state index >= 15 is 0 Å². The van der Waals surface area contributed by atoms with Gasteiger partial charge in [-0.2, -0.15) is 0 Å². The molecule has 0 aliphatic carbocycles. The Balaban J connectivity index is 1.90. The number of hydrogen-bond donors (Lipinski definition) is 3. The number of rotatable bonds is 6. The van der Waals surface area contributed by atoms with Gasteiger partial charge in [0.1, 0.15) is 0 Å². The zero-order valence-electron chi connectivity index (χ0n) is 17.9. The second-order valence-electron chi connectivity index (χ2n) is 7.88. The first-order valence-electron chi connectivity index (χ1n) is 10.2. The van der Waals surface area contributed by atoms with Crippen LogP contribution in [-0.4, -0.2) is 30.4 Å². The maximum Gasteiger partial charge on any atom is 0.303 e. The smallest absolute Gasteiger partial charge is 0.303 e. The normalized spacial score (nSPS) is 14.4. The van der Waals surface area contributed by atoms with E-state index in [0.29, 0.717) is 38.8 Å². The molecule has 0 radical (unpaired) electrons. The van der Waals surface area contributed by atoms with Gasteiger partial charge >= 0.3 is 5.97 Å². The summed E-state index contributed by atoms with van der Waals surface area (Å²) in [7, 11) is -3.93. The zero-order valence-corrected chi connectivity index (χ0v) is 19.5. The number of aromatic nitrogens is 1. The summed E-state index contributed by atoms with van der Waals surface area (Å²) in [6.07, 6.45) is 1.26. The number of aliphatic carboxylic acids is 1. The molecular formula is C24H21ClN2O5S. The number of fused-ring (bicyclic) bond motifs is 1. The topological polar surface area (TPSA) is 116 Å². The van der Waals surface area contributed by atoms with E-state index in [-0.39, 0.29) is 28.5 Å². The van der Waals surface area contributed by atoms with Crippen LogP contribution in [0.4, 0.5) is 5.69 Å². The first kappa shape index (κ1) is 22.8. The number of carbonyl (C=O) groups excluding carboxylic acids is 1. The number of carboxylic acids is 1. The fraction of sp³-hybridized carbons (Fsp3) is 0.167. The molecule has 1 amide bonds. The van der Waals surface area contributed by atoms with Gasteiger partial charge in [-0.15, -0.1) is 0 Å². The number of carboxylic acid groups (broad SMARTS) is 1. The van der Waals surface area contributed by atoms with Crippen molar-refractivity contribution in [3.63, 3.8) is 0 Å². The number of amides is 1. The fourth-order valence-corrected chi connectivity index (χ4v) is 5.83. The molecule has 33 heavy (non-hydrogen) atoms. The van der Waals surface area contributed by atoms with Gasteiger partial charge in [0.2, 0.25) is 9.84 Å². The second-order valence-corrected chi connectivity index (χ2v) is 10.2. The summed E-state index contributed by atoms with van der Waals surface area (Å²) < 4.78 is 27.0. The molecule has 0 bridgehead atoms. The summed E-state index contributed by atoms with van der Waals surface area (Å²) >= 11 is 6.10. The third-order valence-electron chi connectivity index (χ3n) is 5.50. The van der Waals surface area contributed by atoms with Crippen LogP contribution in [0.15, 0.2) is 52.3 Å². The molecule has 0 unspecified atom stereocenters. The molecule has 9 heteroatoms. The molecule has 1 aromatic heterocycles. The molecule has 0 saturated carbocycles. The molecule has 1 aliphatic heterocycles. The maximum absolute atomic E-state index is 13.5. The predicted molar refractivity (Wildman–Crippen MR) is 126 cm³/mol. The summed E-state index contributed by atoms with van der Waals surface area (Å²) in [5, 5.41) is 12.5. The van der Waals surface area contributed by atoms with E-state index in [1.165, 1.54) is 12.1 Å². The number of aryl methyl sites for hydroxylation is 2. The van der Waals surface area contributed by atoms with E-state index in [9.17, 15) is 23.1 Å². The van der Waals surface area contributed by atoms with Gasteiger partial charge in [-0.1, -0.05) is 29.3 Å². The molecular weight excluding hydrogens is 464 g/mol. The molecule has 2 heterocycles. The predicted octanol–water partition coefficient (Wildman–Crippen LogP) is 4.63. The molecule has 0 fully saturated rings. The second kappa shape index (κ2) is 8.53. The SMILES string of the molecule is Cc1ccc(S(=O)(=O)c2c(C)[nH]c(C=C3C(=O)Nc4ccc(Cl)cc43)c2CCC(=O)O)cc1. The Hall–Kier alpha value is -3.36. The minimum Gasteiger partial charge on any atom is -0.481 e. The molecule has 170 valence electrons. The lowest BCUT2D eigenvalue weighted by Gasteiger charge is -2.09. The number of halogens is 1. The molecule has 1 aliphatic rings. The number of nitrogens with one attached hydrogen (secondary N) is 2. The molecule has 2 aromatic carbocycles. The van der Waals surface area contributed by atoms with Crippen LogP contribution in [-0.2, 0) is 25.8 Å². The average molecular weight is 485 g/mol. The van der Waals surface area contributed by atoms with Crippen molar-refractivity contribution in [2.45, 2.75) is 36.5 Å². The van der Waals surface area contributed by atoms with Crippen LogP contribution in [0.3, 0.4) is 0 Å². The Labute approximate surface area is 196 Å². The van der Waals surface area contributed by atoms with Crippen molar-refractivity contribution < 1.29 is 23.1 Å². The number of sulfone groups is 1. The lowest BCUT2D eigenvalue weighted by molar-refractivity contribution is -0.137. The fourth-order valence-electron chi connectivity index (χ4n) is 3.93. The van der Waals surface area contributed by atoms with Gasteiger partial charge in [-0.3, -0.25) is 9.59 Å². The average Bonchev–Trinajstić information content (AvgIpc) is 3.23. The molecule has 4 rings (SSSR count). The van der Waals surface area contributed by atoms with Gasteiger partial charge < -0.3 is 15.4 Å². The molecule has 0 atom stereocenters. The minimum absolute atomic E-state index is 0.0246. The van der Waals surface area contributed by atoms with Crippen LogP contribution in [0.1, 0.15) is 34.5 Å². The third kappa shape index (κ3) is 4.31. The number of benzene rings is 2. The third-order valence-corrected chi connectivity index (χ3v) is 7.72. The molecule has 3 aromatic rings. The lowest BCUT2D eigenvalue weighted by Crippen LogP contribution is -2.08. The van der Waals surface area contributed by atoms with Crippen molar-refractivity contribution in [3.8, 4) is 0 Å². The van der Waals surface area contributed by atoms with Crippen molar-refractivity contribution >= 4 is 50.7 Å². The molecule has 7 nitrogen and oxygen atoms in total. The maximum atomic E-state index is 13.5. The number of anilines is 1. The van der Waals surface area contributed by atoms with E-state index in [1.807, 2.05) is 6.92 Å². The summed E-state index contributed by atoms with van der Waals surface area (Å²) in [6.45, 7) is 3.48. The van der Waals surface area contributed by atoms with E-state index in [4.69, 9.17) is 11.6 Å². The number of hydrogen-bond acceptors (Lipinski definition) is 4. The Kier molecular flexibility index (Phi) is 5.90. The van der Waals surface area contributed by atoms with E-state index in [1.54, 1.807) is 43.3 Å². The van der Waals surface area contributed by atoms with Gasteiger partial charge in [0.25, 0.3) is 5.91 Å². The van der Waals surface area contributed by atoms with Crippen LogP contribution >= 0.6 is 11.6 Å². The molecule has 0 saturated heterocycles. The van der Waals surface area contributed by atoms with Gasteiger partial charge in [-0.25, -0.2) is 8.42 Å². The largest absolute Gasteiger partial charge is 0.481 e. The Bertz CT molecular complexity index is 1420. The minimum atomic E-state index is -3.93. The van der Waals surface area contributed by atoms with Gasteiger partial charge in [0.05, 0.1) is 15.4 Å². The number of H-pyrrole nitrogens is 1. The van der Waals surface area contributed by atoms with Crippen LogP contribution in [0.25, 0.3) is 11.6 Å². The lowest BCUT2D eigenvalue weighted by atomic mass is 10.0. The highest BCUT2D eigenvalue weighted by Gasteiger charge is 2.30. The van der Waals surface area contributed by atoms with Crippen molar-refractivity contribution in [1.82, 2.24) is 4.98 Å². The summed E-state index contributed by atoms with van der Waals surface area (Å²) in [6, 6.07) is 11.5. The van der Waals surface area contributed by atoms with Crippen molar-refractivity contribution in [2.24, 2.45) is 0 Å². The number of aromatic amines is 1. The Morgan fingerprint density at radius 1 is 1.12 bits per heavy atom. The highest BCUT2D eigenvalue weighted by atomic mass is 35.5. The standard InChI is InChI=1S/C24H21ClN2O5S/c1-13-3-6-16(7-4-13)33(31,32)23-14(2)26-21(17(23)8-10-22(28)29)12-19-18-11-15(25)5-9-20(18)27-24(19)30/h3-7,9,11-12,26H,8,10H2,1-2H3,(H,27,30)(H,28,29). The van der Waals surface area contributed by atoms with Crippen LogP contribution < -0.4 is 5.32 Å². The summed E-state index contributed by atoms with van der Waals surface area (Å²) in [5.41, 5.74) is 3.48. The molecule has 3 N–H and O–H groups in total. The highest BCUT2D eigenvalue weighted by Crippen LogP contribution is 2.37. The van der Waals surface area contributed by atoms with Crippen LogP contribution in [0.2, 0.25) is 5.02 Å². The summed E-state index contributed by atoms with van der Waals surface area (Å²) in [4.78, 5) is 27.1. The highest BCUT2D eigenvalue weighted by molar-refractivity contribution is 7.91. The van der Waals surface area contributed by atoms with Crippen LogP contribution in [0.5, 0.6) is 0 Å². The van der Waals surface area contributed by atoms with Gasteiger partial charge in [0.15, 0.2) is 0 Å². The monoisotopic (exact) mass is 484 g/mol. The Morgan fingerprint density at radius 3 is 2.48 bits per heavy atom. The van der Waals surface area contributed by atoms with Crippen LogP contribution in [0, 0.1) is 13.8 Å².